The van der Waals surface area contributed by atoms with Crippen LogP contribution in [-0.4, -0.2) is 36.9 Å². The van der Waals surface area contributed by atoms with Crippen molar-refractivity contribution in [2.75, 3.05) is 19.8 Å². The van der Waals surface area contributed by atoms with Crippen molar-refractivity contribution in [1.29, 1.82) is 0 Å². The fourth-order valence-corrected chi connectivity index (χ4v) is 4.40. The molecule has 5 heteroatoms. The van der Waals surface area contributed by atoms with Gasteiger partial charge in [0.25, 0.3) is 0 Å². The van der Waals surface area contributed by atoms with Gasteiger partial charge in [0.05, 0.1) is 11.4 Å². The standard InChI is InChI=1S/C25H26ClN3O/c26-21-9-6-19(7-10-21)25-23(16-27-22-12-14-30-15-13-22)29-17-20(8-11-24(29)28-25)18-4-2-1-3-5-18/h1-11,17,22,24,27-28H,12-16H2. The average molecular weight is 420 g/mol. The number of benzene rings is 2. The molecule has 5 rings (SSSR count). The Morgan fingerprint density at radius 2 is 1.77 bits per heavy atom. The van der Waals surface area contributed by atoms with Crippen molar-refractivity contribution in [3.05, 3.63) is 94.8 Å². The van der Waals surface area contributed by atoms with E-state index >= 15 is 0 Å². The Balaban J connectivity index is 1.47. The van der Waals surface area contributed by atoms with Gasteiger partial charge in [0.2, 0.25) is 0 Å². The zero-order valence-electron chi connectivity index (χ0n) is 16.9. The summed E-state index contributed by atoms with van der Waals surface area (Å²) in [7, 11) is 0. The molecule has 2 aromatic rings. The molecule has 154 valence electrons. The lowest BCUT2D eigenvalue weighted by molar-refractivity contribution is 0.0784. The van der Waals surface area contributed by atoms with Crippen LogP contribution in [-0.2, 0) is 4.74 Å². The molecule has 0 amide bonds. The van der Waals surface area contributed by atoms with Crippen molar-refractivity contribution in [2.24, 2.45) is 0 Å². The van der Waals surface area contributed by atoms with E-state index in [2.05, 4.69) is 76.4 Å². The second-order valence-corrected chi connectivity index (χ2v) is 8.34. The Morgan fingerprint density at radius 3 is 2.53 bits per heavy atom. The summed E-state index contributed by atoms with van der Waals surface area (Å²) in [6, 6.07) is 19.1. The molecule has 0 spiro atoms. The molecule has 3 aliphatic heterocycles. The van der Waals surface area contributed by atoms with Crippen LogP contribution in [0.2, 0.25) is 5.02 Å². The van der Waals surface area contributed by atoms with Crippen LogP contribution in [0.5, 0.6) is 0 Å². The first kappa shape index (κ1) is 19.4. The smallest absolute Gasteiger partial charge is 0.123 e. The van der Waals surface area contributed by atoms with E-state index in [-0.39, 0.29) is 6.17 Å². The number of hydrogen-bond donors (Lipinski definition) is 2. The quantitative estimate of drug-likeness (QED) is 0.741. The van der Waals surface area contributed by atoms with E-state index in [4.69, 9.17) is 16.3 Å². The molecule has 0 saturated carbocycles. The highest BCUT2D eigenvalue weighted by molar-refractivity contribution is 6.30. The van der Waals surface area contributed by atoms with E-state index in [0.717, 1.165) is 48.9 Å². The van der Waals surface area contributed by atoms with Crippen LogP contribution in [0.15, 0.2) is 78.6 Å². The minimum atomic E-state index is 0.120. The first-order chi connectivity index (χ1) is 14.8. The Bertz CT molecular complexity index is 975. The van der Waals surface area contributed by atoms with Crippen LogP contribution >= 0.6 is 11.6 Å². The van der Waals surface area contributed by atoms with Gasteiger partial charge in [0.1, 0.15) is 6.17 Å². The average Bonchev–Trinajstić information content (AvgIpc) is 3.17. The first-order valence-electron chi connectivity index (χ1n) is 10.6. The van der Waals surface area contributed by atoms with Crippen molar-refractivity contribution in [3.8, 4) is 0 Å². The summed E-state index contributed by atoms with van der Waals surface area (Å²) in [6.45, 7) is 2.48. The molecule has 1 atom stereocenters. The minimum Gasteiger partial charge on any atom is -0.381 e. The third-order valence-corrected chi connectivity index (χ3v) is 6.20. The van der Waals surface area contributed by atoms with E-state index in [9.17, 15) is 0 Å². The summed E-state index contributed by atoms with van der Waals surface area (Å²) in [5.74, 6) is 0. The van der Waals surface area contributed by atoms with Crippen molar-refractivity contribution in [2.45, 2.75) is 25.0 Å². The number of fused-ring (bicyclic) bond motifs is 1. The van der Waals surface area contributed by atoms with Gasteiger partial charge in [-0.3, -0.25) is 0 Å². The van der Waals surface area contributed by atoms with E-state index < -0.39 is 0 Å². The molecule has 1 saturated heterocycles. The Hall–Kier alpha value is -2.53. The number of halogens is 1. The van der Waals surface area contributed by atoms with Crippen LogP contribution < -0.4 is 10.6 Å². The minimum absolute atomic E-state index is 0.120. The number of rotatable bonds is 5. The second kappa shape index (κ2) is 8.68. The van der Waals surface area contributed by atoms with E-state index in [1.54, 1.807) is 0 Å². The third-order valence-electron chi connectivity index (χ3n) is 5.95. The van der Waals surface area contributed by atoms with Gasteiger partial charge < -0.3 is 20.3 Å². The number of ether oxygens (including phenoxy) is 1. The molecular formula is C25H26ClN3O. The lowest BCUT2D eigenvalue weighted by Crippen LogP contribution is -2.39. The van der Waals surface area contributed by atoms with Gasteiger partial charge in [-0.05, 0) is 47.8 Å². The molecule has 1 fully saturated rings. The normalized spacial score (nSPS) is 21.4. The number of hydrogen-bond acceptors (Lipinski definition) is 4. The molecular weight excluding hydrogens is 394 g/mol. The van der Waals surface area contributed by atoms with Gasteiger partial charge in [0.15, 0.2) is 0 Å². The number of nitrogens with one attached hydrogen (secondary N) is 2. The third kappa shape index (κ3) is 4.04. The van der Waals surface area contributed by atoms with Gasteiger partial charge >= 0.3 is 0 Å². The molecule has 1 unspecified atom stereocenters. The van der Waals surface area contributed by atoms with Gasteiger partial charge in [-0.25, -0.2) is 0 Å². The molecule has 30 heavy (non-hydrogen) atoms. The maximum Gasteiger partial charge on any atom is 0.123 e. The first-order valence-corrected chi connectivity index (χ1v) is 11.0. The van der Waals surface area contributed by atoms with Crippen molar-refractivity contribution in [1.82, 2.24) is 15.5 Å². The lowest BCUT2D eigenvalue weighted by atomic mass is 10.0. The Labute approximate surface area is 182 Å². The van der Waals surface area contributed by atoms with Crippen molar-refractivity contribution >= 4 is 22.9 Å². The summed E-state index contributed by atoms with van der Waals surface area (Å²) < 4.78 is 5.52. The molecule has 0 aliphatic carbocycles. The zero-order chi connectivity index (χ0) is 20.3. The molecule has 0 aromatic heterocycles. The number of nitrogens with zero attached hydrogens (tertiary/aromatic N) is 1. The van der Waals surface area contributed by atoms with Crippen molar-refractivity contribution < 1.29 is 4.74 Å². The van der Waals surface area contributed by atoms with Crippen molar-refractivity contribution in [3.63, 3.8) is 0 Å². The van der Waals surface area contributed by atoms with Crippen LogP contribution in [0.4, 0.5) is 0 Å². The topological polar surface area (TPSA) is 36.5 Å². The number of allylic oxidation sites excluding steroid dienone is 2. The molecule has 2 N–H and O–H groups in total. The monoisotopic (exact) mass is 419 g/mol. The summed E-state index contributed by atoms with van der Waals surface area (Å²) >= 11 is 6.13. The largest absolute Gasteiger partial charge is 0.381 e. The molecule has 4 nitrogen and oxygen atoms in total. The van der Waals surface area contributed by atoms with Gasteiger partial charge in [-0.1, -0.05) is 60.1 Å². The predicted molar refractivity (Wildman–Crippen MR) is 123 cm³/mol. The van der Waals surface area contributed by atoms with Crippen LogP contribution in [0.25, 0.3) is 11.3 Å². The summed E-state index contributed by atoms with van der Waals surface area (Å²) in [6.07, 6.45) is 8.94. The Kier molecular flexibility index (Phi) is 5.63. The molecule has 2 aromatic carbocycles. The zero-order valence-corrected chi connectivity index (χ0v) is 17.6. The maximum absolute atomic E-state index is 6.13. The predicted octanol–water partition coefficient (Wildman–Crippen LogP) is 4.62. The van der Waals surface area contributed by atoms with Gasteiger partial charge in [-0.2, -0.15) is 0 Å². The summed E-state index contributed by atoms with van der Waals surface area (Å²) in [4.78, 5) is 2.36. The summed E-state index contributed by atoms with van der Waals surface area (Å²) in [5, 5.41) is 8.22. The maximum atomic E-state index is 6.13. The van der Waals surface area contributed by atoms with Gasteiger partial charge in [0, 0.05) is 37.0 Å². The molecule has 3 aliphatic rings. The SMILES string of the molecule is Clc1ccc(C2=C(CNC3CCOCC3)N3C=C(c4ccccc4)C=CC3N2)cc1. The Morgan fingerprint density at radius 1 is 1.00 bits per heavy atom. The van der Waals surface area contributed by atoms with Crippen LogP contribution in [0.1, 0.15) is 24.0 Å². The van der Waals surface area contributed by atoms with Crippen LogP contribution in [0.3, 0.4) is 0 Å². The fourth-order valence-electron chi connectivity index (χ4n) is 4.27. The molecule has 0 radical (unpaired) electrons. The highest BCUT2D eigenvalue weighted by Crippen LogP contribution is 2.33. The van der Waals surface area contributed by atoms with E-state index in [1.807, 2.05) is 12.1 Å². The molecule has 0 bridgehead atoms. The fraction of sp³-hybridized carbons (Fsp3) is 0.280. The van der Waals surface area contributed by atoms with E-state index in [1.165, 1.54) is 16.8 Å². The van der Waals surface area contributed by atoms with E-state index in [0.29, 0.717) is 6.04 Å². The van der Waals surface area contributed by atoms with Crippen LogP contribution in [0, 0.1) is 0 Å². The van der Waals surface area contributed by atoms with Gasteiger partial charge in [-0.15, -0.1) is 0 Å². The second-order valence-electron chi connectivity index (χ2n) is 7.90. The highest BCUT2D eigenvalue weighted by Gasteiger charge is 2.31. The lowest BCUT2D eigenvalue weighted by Gasteiger charge is -2.29. The highest BCUT2D eigenvalue weighted by atomic mass is 35.5. The molecule has 3 heterocycles. The summed E-state index contributed by atoms with van der Waals surface area (Å²) in [5.41, 5.74) is 6.01.